The molecule has 50 heavy (non-hydrogen) atoms. The smallest absolute Gasteiger partial charge is 0.144 e. The molecule has 0 spiro atoms. The Morgan fingerprint density at radius 1 is 0.300 bits per heavy atom. The van der Waals surface area contributed by atoms with E-state index in [0.29, 0.717) is 0 Å². The van der Waals surface area contributed by atoms with E-state index in [-0.39, 0.29) is 0 Å². The van der Waals surface area contributed by atoms with Gasteiger partial charge in [0.25, 0.3) is 0 Å². The van der Waals surface area contributed by atoms with Gasteiger partial charge in [0.05, 0.1) is 0 Å². The number of benzene rings is 9. The second-order valence-electron chi connectivity index (χ2n) is 13.1. The lowest BCUT2D eigenvalue weighted by Crippen LogP contribution is -1.91. The summed E-state index contributed by atoms with van der Waals surface area (Å²) < 4.78 is 13.1. The third-order valence-electron chi connectivity index (χ3n) is 10.5. The molecule has 0 bridgehead atoms. The molecule has 9 aromatic carbocycles. The van der Waals surface area contributed by atoms with Gasteiger partial charge in [-0.1, -0.05) is 152 Å². The fraction of sp³-hybridized carbons (Fsp3) is 0. The van der Waals surface area contributed by atoms with Gasteiger partial charge in [-0.15, -0.1) is 0 Å². The van der Waals surface area contributed by atoms with Gasteiger partial charge in [-0.05, 0) is 78.3 Å². The highest BCUT2D eigenvalue weighted by Gasteiger charge is 2.22. The average molecular weight is 637 g/mol. The lowest BCUT2D eigenvalue weighted by molar-refractivity contribution is 0.664. The Morgan fingerprint density at radius 2 is 0.800 bits per heavy atom. The van der Waals surface area contributed by atoms with Crippen LogP contribution in [0, 0.1) is 0 Å². The van der Waals surface area contributed by atoms with Gasteiger partial charge in [-0.3, -0.25) is 0 Å². The van der Waals surface area contributed by atoms with E-state index in [9.17, 15) is 0 Å². The first-order valence-corrected chi connectivity index (χ1v) is 17.1. The molecular weight excluding hydrogens is 609 g/mol. The van der Waals surface area contributed by atoms with Crippen molar-refractivity contribution >= 4 is 76.2 Å². The van der Waals surface area contributed by atoms with Crippen LogP contribution in [0.1, 0.15) is 0 Å². The Kier molecular flexibility index (Phi) is 5.70. The molecule has 0 amide bonds. The van der Waals surface area contributed by atoms with Crippen LogP contribution < -0.4 is 0 Å². The minimum atomic E-state index is 0.866. The molecule has 232 valence electrons. The monoisotopic (exact) mass is 636 g/mol. The molecule has 2 heteroatoms. The van der Waals surface area contributed by atoms with Crippen LogP contribution in [-0.2, 0) is 0 Å². The van der Waals surface area contributed by atoms with Gasteiger partial charge >= 0.3 is 0 Å². The fourth-order valence-corrected chi connectivity index (χ4v) is 8.31. The summed E-state index contributed by atoms with van der Waals surface area (Å²) in [7, 11) is 0. The van der Waals surface area contributed by atoms with Gasteiger partial charge in [0.15, 0.2) is 0 Å². The molecule has 0 N–H and O–H groups in total. The zero-order valence-electron chi connectivity index (χ0n) is 27.0. The standard InChI is InChI=1S/C48H28O2/c1-2-14-32-29(12-1)13-11-21-34(32)46-37-18-5-3-16-35(37)44(36-17-4-6-19-38(36)46)30-24-26-31(27-25-30)45-47-39-20-8-10-23-42(39)49-43(47)28-40-33-15-7-9-22-41(33)50-48(40)45/h1-28H. The van der Waals surface area contributed by atoms with Crippen molar-refractivity contribution in [3.63, 3.8) is 0 Å². The van der Waals surface area contributed by atoms with E-state index in [1.165, 1.54) is 54.6 Å². The second kappa shape index (κ2) is 10.4. The Bertz CT molecular complexity index is 3070. The van der Waals surface area contributed by atoms with Crippen molar-refractivity contribution < 1.29 is 8.83 Å². The minimum Gasteiger partial charge on any atom is -0.456 e. The van der Waals surface area contributed by atoms with Crippen molar-refractivity contribution in [3.05, 3.63) is 170 Å². The summed E-state index contributed by atoms with van der Waals surface area (Å²) in [5.74, 6) is 0. The van der Waals surface area contributed by atoms with Crippen molar-refractivity contribution in [2.24, 2.45) is 0 Å². The largest absolute Gasteiger partial charge is 0.456 e. The summed E-state index contributed by atoms with van der Waals surface area (Å²) in [4.78, 5) is 0. The topological polar surface area (TPSA) is 26.3 Å². The van der Waals surface area contributed by atoms with Gasteiger partial charge in [-0.2, -0.15) is 0 Å². The molecule has 2 heterocycles. The minimum absolute atomic E-state index is 0.866. The van der Waals surface area contributed by atoms with E-state index >= 15 is 0 Å². The molecule has 0 radical (unpaired) electrons. The molecule has 2 aromatic heterocycles. The SMILES string of the molecule is c1ccc2c(-c3c4ccccc4c(-c4ccc(-c5c6oc7ccccc7c6cc6oc7ccccc7c56)cc4)c4ccccc34)cccc2c1. The van der Waals surface area contributed by atoms with E-state index in [1.54, 1.807) is 0 Å². The van der Waals surface area contributed by atoms with Crippen LogP contribution >= 0.6 is 0 Å². The van der Waals surface area contributed by atoms with Crippen molar-refractivity contribution in [2.45, 2.75) is 0 Å². The fourth-order valence-electron chi connectivity index (χ4n) is 8.31. The summed E-state index contributed by atoms with van der Waals surface area (Å²) in [6.07, 6.45) is 0. The summed E-state index contributed by atoms with van der Waals surface area (Å²) >= 11 is 0. The Morgan fingerprint density at radius 3 is 1.48 bits per heavy atom. The Labute approximate surface area is 287 Å². The molecule has 0 saturated heterocycles. The highest BCUT2D eigenvalue weighted by atomic mass is 16.3. The van der Waals surface area contributed by atoms with Crippen LogP contribution in [0.2, 0.25) is 0 Å². The van der Waals surface area contributed by atoms with E-state index in [4.69, 9.17) is 8.83 Å². The maximum Gasteiger partial charge on any atom is 0.144 e. The molecule has 11 rings (SSSR count). The highest BCUT2D eigenvalue weighted by molar-refractivity contribution is 6.25. The summed E-state index contributed by atoms with van der Waals surface area (Å²) in [5, 5.41) is 11.8. The number of fused-ring (bicyclic) bond motifs is 9. The lowest BCUT2D eigenvalue weighted by atomic mass is 9.84. The van der Waals surface area contributed by atoms with Crippen molar-refractivity contribution in [2.75, 3.05) is 0 Å². The van der Waals surface area contributed by atoms with Gasteiger partial charge in [0.2, 0.25) is 0 Å². The highest BCUT2D eigenvalue weighted by Crippen LogP contribution is 2.47. The summed E-state index contributed by atoms with van der Waals surface area (Å²) in [6, 6.07) is 60.8. The zero-order valence-corrected chi connectivity index (χ0v) is 27.0. The second-order valence-corrected chi connectivity index (χ2v) is 13.1. The maximum atomic E-state index is 6.64. The van der Waals surface area contributed by atoms with Crippen LogP contribution in [-0.4, -0.2) is 0 Å². The predicted molar refractivity (Wildman–Crippen MR) is 210 cm³/mol. The van der Waals surface area contributed by atoms with Crippen LogP contribution in [0.25, 0.3) is 110 Å². The normalized spacial score (nSPS) is 12.0. The van der Waals surface area contributed by atoms with Crippen LogP contribution in [0.5, 0.6) is 0 Å². The van der Waals surface area contributed by atoms with Crippen LogP contribution in [0.3, 0.4) is 0 Å². The van der Waals surface area contributed by atoms with Crippen molar-refractivity contribution in [1.29, 1.82) is 0 Å². The number of para-hydroxylation sites is 2. The summed E-state index contributed by atoms with van der Waals surface area (Å²) in [5.41, 5.74) is 10.6. The van der Waals surface area contributed by atoms with Crippen LogP contribution in [0.4, 0.5) is 0 Å². The van der Waals surface area contributed by atoms with E-state index in [2.05, 4.69) is 146 Å². The number of hydrogen-bond donors (Lipinski definition) is 0. The molecule has 0 aliphatic heterocycles. The molecule has 0 aliphatic carbocycles. The summed E-state index contributed by atoms with van der Waals surface area (Å²) in [6.45, 7) is 0. The zero-order chi connectivity index (χ0) is 32.8. The van der Waals surface area contributed by atoms with E-state index in [0.717, 1.165) is 55.0 Å². The third-order valence-corrected chi connectivity index (χ3v) is 10.5. The molecule has 0 fully saturated rings. The first kappa shape index (κ1) is 27.3. The first-order chi connectivity index (χ1) is 24.8. The quantitative estimate of drug-likeness (QED) is 0.180. The Balaban J connectivity index is 1.18. The Hall–Kier alpha value is -6.64. The predicted octanol–water partition coefficient (Wildman–Crippen LogP) is 13.9. The molecule has 0 unspecified atom stereocenters. The number of rotatable bonds is 3. The molecule has 0 saturated carbocycles. The first-order valence-electron chi connectivity index (χ1n) is 17.1. The molecular formula is C48H28O2. The van der Waals surface area contributed by atoms with Gasteiger partial charge in [0.1, 0.15) is 22.3 Å². The third kappa shape index (κ3) is 3.85. The van der Waals surface area contributed by atoms with E-state index in [1.807, 2.05) is 24.3 Å². The molecule has 0 aliphatic rings. The van der Waals surface area contributed by atoms with Crippen molar-refractivity contribution in [1.82, 2.24) is 0 Å². The van der Waals surface area contributed by atoms with Gasteiger partial charge in [-0.25, -0.2) is 0 Å². The van der Waals surface area contributed by atoms with Gasteiger partial charge < -0.3 is 8.83 Å². The van der Waals surface area contributed by atoms with Gasteiger partial charge in [0, 0.05) is 27.1 Å². The lowest BCUT2D eigenvalue weighted by Gasteiger charge is -2.19. The number of hydrogen-bond acceptors (Lipinski definition) is 2. The maximum absolute atomic E-state index is 6.64. The van der Waals surface area contributed by atoms with Crippen molar-refractivity contribution in [3.8, 4) is 33.4 Å². The average Bonchev–Trinajstić information content (AvgIpc) is 3.74. The molecule has 2 nitrogen and oxygen atoms in total. The number of furan rings is 2. The van der Waals surface area contributed by atoms with E-state index < -0.39 is 0 Å². The molecule has 0 atom stereocenters. The molecule has 11 aromatic rings. The van der Waals surface area contributed by atoms with Crippen LogP contribution in [0.15, 0.2) is 179 Å².